The van der Waals surface area contributed by atoms with Crippen molar-refractivity contribution in [3.05, 3.63) is 45.8 Å². The Morgan fingerprint density at radius 1 is 0.600 bits per heavy atom. The van der Waals surface area contributed by atoms with Crippen LogP contribution in [-0.2, 0) is 17.1 Å². The molecule has 139 valence electrons. The van der Waals surface area contributed by atoms with Gasteiger partial charge >= 0.3 is 0 Å². The first-order valence-electron chi connectivity index (χ1n) is 6.12. The van der Waals surface area contributed by atoms with E-state index < -0.39 is 34.5 Å². The van der Waals surface area contributed by atoms with Gasteiger partial charge in [-0.05, 0) is 24.3 Å². The first kappa shape index (κ1) is 21.7. The second kappa shape index (κ2) is 9.75. The molecule has 0 aromatic heterocycles. The molecule has 0 fully saturated rings. The largest absolute Gasteiger partial charge is 0.792 e. The zero-order chi connectivity index (χ0) is 18.3. The Kier molecular flexibility index (Phi) is 8.47. The van der Waals surface area contributed by atoms with Crippen LogP contribution in [0.5, 0.6) is 34.5 Å². The molecule has 10 nitrogen and oxygen atoms in total. The van der Waals surface area contributed by atoms with Crippen LogP contribution in [0.3, 0.4) is 0 Å². The van der Waals surface area contributed by atoms with Crippen molar-refractivity contribution in [1.82, 2.24) is 0 Å². The van der Waals surface area contributed by atoms with Gasteiger partial charge in [0.2, 0.25) is 11.5 Å². The monoisotopic (exact) mass is 399 g/mol. The Morgan fingerprint density at radius 3 is 1.20 bits per heavy atom. The van der Waals surface area contributed by atoms with Crippen LogP contribution >= 0.6 is 0 Å². The molecule has 6 N–H and O–H groups in total. The minimum Gasteiger partial charge on any atom is -0.792 e. The van der Waals surface area contributed by atoms with Crippen LogP contribution in [0.1, 0.15) is 11.1 Å². The number of hydrogen-bond acceptors (Lipinski definition) is 10. The van der Waals surface area contributed by atoms with Gasteiger partial charge in [-0.15, -0.1) is 0 Å². The summed E-state index contributed by atoms with van der Waals surface area (Å²) in [5.41, 5.74) is 0.112. The standard InChI is InChI=1S/2C7H7NO4.Cu/c2*9-5-2-1-4(3-8-12)6(10)7(5)11;/h2*1-3,9-12H;/p-2/b2*8-3+;. The molecule has 0 amide bonds. The van der Waals surface area contributed by atoms with Crippen LogP contribution in [0.15, 0.2) is 34.6 Å². The van der Waals surface area contributed by atoms with Gasteiger partial charge in [0.1, 0.15) is 0 Å². The van der Waals surface area contributed by atoms with Crippen LogP contribution in [0.25, 0.3) is 0 Å². The maximum atomic E-state index is 9.76. The number of nitrogens with zero attached hydrogens (tertiary/aromatic N) is 2. The van der Waals surface area contributed by atoms with E-state index in [9.17, 15) is 10.4 Å². The van der Waals surface area contributed by atoms with Crippen molar-refractivity contribution in [2.45, 2.75) is 0 Å². The van der Waals surface area contributed by atoms with Crippen molar-refractivity contribution < 1.29 is 47.7 Å². The van der Waals surface area contributed by atoms with Gasteiger partial charge in [0.25, 0.3) is 0 Å². The van der Waals surface area contributed by atoms with E-state index in [0.717, 1.165) is 24.6 Å². The molecule has 0 aliphatic heterocycles. The summed E-state index contributed by atoms with van der Waals surface area (Å²) in [6.07, 6.45) is 1.66. The Hall–Kier alpha value is -3.30. The summed E-state index contributed by atoms with van der Waals surface area (Å²) in [6, 6.07) is 4.80. The third-order valence-corrected chi connectivity index (χ3v) is 2.71. The minimum absolute atomic E-state index is 0. The van der Waals surface area contributed by atoms with Crippen molar-refractivity contribution >= 4 is 12.4 Å². The molecule has 1 radical (unpaired) electrons. The number of phenols is 6. The average Bonchev–Trinajstić information content (AvgIpc) is 2.57. The summed E-state index contributed by atoms with van der Waals surface area (Å²) < 4.78 is 0. The van der Waals surface area contributed by atoms with Crippen molar-refractivity contribution in [2.75, 3.05) is 0 Å². The van der Waals surface area contributed by atoms with E-state index in [1.807, 2.05) is 0 Å². The molecule has 2 rings (SSSR count). The third-order valence-electron chi connectivity index (χ3n) is 2.71. The number of hydrogen-bond donors (Lipinski definition) is 6. The first-order chi connectivity index (χ1) is 11.3. The molecule has 2 aromatic rings. The summed E-state index contributed by atoms with van der Waals surface area (Å²) in [5.74, 6) is -3.34. The van der Waals surface area contributed by atoms with Gasteiger partial charge in [-0.3, -0.25) is 0 Å². The molecule has 0 spiro atoms. The van der Waals surface area contributed by atoms with Crippen LogP contribution in [0, 0.1) is 10.4 Å². The zero-order valence-electron chi connectivity index (χ0n) is 12.2. The Balaban J connectivity index is 0.000000443. The minimum atomic E-state index is -0.660. The molecule has 0 aliphatic rings. The van der Waals surface area contributed by atoms with Crippen LogP contribution in [0.4, 0.5) is 0 Å². The molecule has 0 saturated heterocycles. The van der Waals surface area contributed by atoms with E-state index >= 15 is 0 Å². The first-order valence-corrected chi connectivity index (χ1v) is 6.12. The van der Waals surface area contributed by atoms with E-state index in [1.165, 1.54) is 12.1 Å². The fourth-order valence-electron chi connectivity index (χ4n) is 1.49. The summed E-state index contributed by atoms with van der Waals surface area (Å²) in [6.45, 7) is 0. The fraction of sp³-hybridized carbons (Fsp3) is 0. The van der Waals surface area contributed by atoms with Crippen LogP contribution < -0.4 is 0 Å². The average molecular weight is 400 g/mol. The van der Waals surface area contributed by atoms with Gasteiger partial charge in [0.15, 0.2) is 23.0 Å². The fourth-order valence-corrected chi connectivity index (χ4v) is 1.49. The molecule has 0 atom stereocenters. The van der Waals surface area contributed by atoms with E-state index in [4.69, 9.17) is 30.6 Å². The van der Waals surface area contributed by atoms with Gasteiger partial charge < -0.3 is 51.4 Å². The van der Waals surface area contributed by atoms with Gasteiger partial charge in [-0.1, -0.05) is 0 Å². The van der Waals surface area contributed by atoms with E-state index in [0.29, 0.717) is 0 Å². The van der Waals surface area contributed by atoms with Gasteiger partial charge in [0, 0.05) is 40.6 Å². The number of benzene rings is 2. The van der Waals surface area contributed by atoms with E-state index in [1.54, 1.807) is 0 Å². The van der Waals surface area contributed by atoms with Gasteiger partial charge in [-0.2, -0.15) is 0 Å². The summed E-state index contributed by atoms with van der Waals surface area (Å²) in [5, 5.41) is 78.1. The number of rotatable bonds is 2. The van der Waals surface area contributed by atoms with Crippen LogP contribution in [-0.4, -0.2) is 43.1 Å². The topological polar surface area (TPSA) is 192 Å². The molecule has 2 aromatic carbocycles. The zero-order valence-corrected chi connectivity index (χ0v) is 13.1. The van der Waals surface area contributed by atoms with Crippen molar-refractivity contribution in [2.24, 2.45) is 10.3 Å². The second-order valence-corrected chi connectivity index (χ2v) is 4.21. The molecular weight excluding hydrogens is 388 g/mol. The maximum Gasteiger partial charge on any atom is 0.200 e. The molecule has 25 heavy (non-hydrogen) atoms. The van der Waals surface area contributed by atoms with E-state index in [-0.39, 0.29) is 28.2 Å². The summed E-state index contributed by atoms with van der Waals surface area (Å²) in [7, 11) is 0. The molecule has 0 aliphatic carbocycles. The van der Waals surface area contributed by atoms with Gasteiger partial charge in [-0.25, -0.2) is 0 Å². The predicted molar refractivity (Wildman–Crippen MR) is 84.8 cm³/mol. The second-order valence-electron chi connectivity index (χ2n) is 4.21. The molecule has 0 unspecified atom stereocenters. The van der Waals surface area contributed by atoms with Crippen molar-refractivity contribution in [3.8, 4) is 34.5 Å². The molecule has 11 heteroatoms. The van der Waals surface area contributed by atoms with Crippen LogP contribution in [0.2, 0.25) is 0 Å². The van der Waals surface area contributed by atoms with Crippen molar-refractivity contribution in [1.29, 1.82) is 0 Å². The van der Waals surface area contributed by atoms with Gasteiger partial charge in [0.05, 0.1) is 0 Å². The molecule has 0 heterocycles. The number of phenolic OH excluding ortho intramolecular Hbond substituents is 6. The normalized spacial score (nSPS) is 10.2. The van der Waals surface area contributed by atoms with Crippen molar-refractivity contribution in [3.63, 3.8) is 0 Å². The third kappa shape index (κ3) is 5.37. The molecule has 0 bridgehead atoms. The Bertz CT molecular complexity index is 714. The van der Waals surface area contributed by atoms with E-state index in [2.05, 4.69) is 10.3 Å². The predicted octanol–water partition coefficient (Wildman–Crippen LogP) is 1.44. The SMILES string of the molecule is [Cu].[O-]/N=C/c1ccc(O)c(O)c1O.[O-]/N=C/c1ccc(O)c(O)c1O. The Labute approximate surface area is 151 Å². The maximum absolute atomic E-state index is 9.76. The molecular formula is C14H12CuN2O8-2. The summed E-state index contributed by atoms with van der Waals surface area (Å²) >= 11 is 0. The Morgan fingerprint density at radius 2 is 0.920 bits per heavy atom. The molecule has 0 saturated carbocycles. The smallest absolute Gasteiger partial charge is 0.200 e. The summed E-state index contributed by atoms with van der Waals surface area (Å²) in [4.78, 5) is 0. The quantitative estimate of drug-likeness (QED) is 0.189. The number of aromatic hydroxyl groups is 6.